The lowest BCUT2D eigenvalue weighted by Crippen LogP contribution is -2.27. The average molecular weight is 344 g/mol. The monoisotopic (exact) mass is 343 g/mol. The topological polar surface area (TPSA) is 38.8 Å². The number of carbonyl (C=O) groups excluding carboxylic acids is 1. The van der Waals surface area contributed by atoms with E-state index in [0.717, 1.165) is 23.9 Å². The van der Waals surface area contributed by atoms with Gasteiger partial charge in [-0.05, 0) is 41.4 Å². The van der Waals surface area contributed by atoms with Crippen LogP contribution in [-0.4, -0.2) is 38.1 Å². The quantitative estimate of drug-likeness (QED) is 0.757. The van der Waals surface area contributed by atoms with Gasteiger partial charge in [-0.3, -0.25) is 4.79 Å². The van der Waals surface area contributed by atoms with Crippen LogP contribution in [-0.2, 0) is 0 Å². The normalized spacial score (nSPS) is 10.2. The van der Waals surface area contributed by atoms with Crippen LogP contribution in [0.15, 0.2) is 16.6 Å². The molecular weight excluding hydrogens is 322 g/mol. The van der Waals surface area contributed by atoms with E-state index in [4.69, 9.17) is 9.47 Å². The van der Waals surface area contributed by atoms with Crippen LogP contribution in [0.2, 0.25) is 0 Å². The summed E-state index contributed by atoms with van der Waals surface area (Å²) in [6.07, 6.45) is 2.06. The summed E-state index contributed by atoms with van der Waals surface area (Å²) in [7, 11) is 3.38. The second kappa shape index (κ2) is 8.15. The Morgan fingerprint density at radius 1 is 1.35 bits per heavy atom. The van der Waals surface area contributed by atoms with Crippen molar-refractivity contribution in [2.45, 2.75) is 26.7 Å². The van der Waals surface area contributed by atoms with E-state index in [9.17, 15) is 4.79 Å². The minimum Gasteiger partial charge on any atom is -0.493 e. The molecule has 0 fully saturated rings. The lowest BCUT2D eigenvalue weighted by molar-refractivity contribution is 0.0792. The Kier molecular flexibility index (Phi) is 6.85. The van der Waals surface area contributed by atoms with Crippen molar-refractivity contribution in [3.63, 3.8) is 0 Å². The summed E-state index contributed by atoms with van der Waals surface area (Å²) < 4.78 is 11.6. The molecule has 0 heterocycles. The predicted molar refractivity (Wildman–Crippen MR) is 83.7 cm³/mol. The van der Waals surface area contributed by atoms with Crippen molar-refractivity contribution in [1.82, 2.24) is 4.90 Å². The van der Waals surface area contributed by atoms with Gasteiger partial charge in [0.1, 0.15) is 0 Å². The van der Waals surface area contributed by atoms with Crippen LogP contribution >= 0.6 is 15.9 Å². The Morgan fingerprint density at radius 2 is 2.05 bits per heavy atom. The standard InChI is InChI=1S/C15H22BrNO3/c1-5-7-8-17(3)15(18)11-9-12(16)14(20-6-2)13(10-11)19-4/h9-10H,5-8H2,1-4H3. The zero-order valence-electron chi connectivity index (χ0n) is 12.5. The van der Waals surface area contributed by atoms with Crippen molar-refractivity contribution in [3.05, 3.63) is 22.2 Å². The van der Waals surface area contributed by atoms with Crippen molar-refractivity contribution in [2.75, 3.05) is 27.3 Å². The molecule has 0 atom stereocenters. The van der Waals surface area contributed by atoms with Gasteiger partial charge < -0.3 is 14.4 Å². The minimum atomic E-state index is -0.0134. The number of rotatable bonds is 7. The first-order chi connectivity index (χ1) is 9.54. The fraction of sp³-hybridized carbons (Fsp3) is 0.533. The highest BCUT2D eigenvalue weighted by molar-refractivity contribution is 9.10. The summed E-state index contributed by atoms with van der Waals surface area (Å²) in [6, 6.07) is 3.50. The largest absolute Gasteiger partial charge is 0.493 e. The van der Waals surface area contributed by atoms with Crippen molar-refractivity contribution in [3.8, 4) is 11.5 Å². The molecule has 0 saturated carbocycles. The molecule has 0 aliphatic heterocycles. The van der Waals surface area contributed by atoms with Crippen molar-refractivity contribution < 1.29 is 14.3 Å². The second-order valence-corrected chi connectivity index (χ2v) is 5.36. The zero-order valence-corrected chi connectivity index (χ0v) is 14.1. The van der Waals surface area contributed by atoms with Crippen LogP contribution in [0.1, 0.15) is 37.0 Å². The van der Waals surface area contributed by atoms with Gasteiger partial charge in [-0.2, -0.15) is 0 Å². The Morgan fingerprint density at radius 3 is 2.60 bits per heavy atom. The number of methoxy groups -OCH3 is 1. The maximum atomic E-state index is 12.3. The van der Waals surface area contributed by atoms with E-state index in [1.54, 1.807) is 24.1 Å². The van der Waals surface area contributed by atoms with Gasteiger partial charge in [0.05, 0.1) is 18.2 Å². The highest BCUT2D eigenvalue weighted by Gasteiger charge is 2.17. The van der Waals surface area contributed by atoms with Gasteiger partial charge in [0, 0.05) is 19.2 Å². The van der Waals surface area contributed by atoms with Gasteiger partial charge in [-0.15, -0.1) is 0 Å². The molecule has 1 aromatic carbocycles. The van der Waals surface area contributed by atoms with E-state index in [2.05, 4.69) is 22.9 Å². The summed E-state index contributed by atoms with van der Waals surface area (Å²) in [6.45, 7) is 5.30. The molecular formula is C15H22BrNO3. The lowest BCUT2D eigenvalue weighted by Gasteiger charge is -2.18. The Hall–Kier alpha value is -1.23. The molecule has 0 bridgehead atoms. The summed E-state index contributed by atoms with van der Waals surface area (Å²) in [5.74, 6) is 1.18. The van der Waals surface area contributed by atoms with Crippen molar-refractivity contribution in [1.29, 1.82) is 0 Å². The number of carbonyl (C=O) groups is 1. The number of hydrogen-bond donors (Lipinski definition) is 0. The summed E-state index contributed by atoms with van der Waals surface area (Å²) in [5, 5.41) is 0. The van der Waals surface area contributed by atoms with E-state index < -0.39 is 0 Å². The Labute approximate surface area is 129 Å². The van der Waals surface area contributed by atoms with Crippen LogP contribution < -0.4 is 9.47 Å². The minimum absolute atomic E-state index is 0.0134. The molecule has 112 valence electrons. The van der Waals surface area contributed by atoms with Gasteiger partial charge in [-0.25, -0.2) is 0 Å². The van der Waals surface area contributed by atoms with Crippen LogP contribution in [0.5, 0.6) is 11.5 Å². The molecule has 0 N–H and O–H groups in total. The molecule has 1 aromatic rings. The summed E-state index contributed by atoms with van der Waals surface area (Å²) in [5.41, 5.74) is 0.593. The smallest absolute Gasteiger partial charge is 0.253 e. The fourth-order valence-electron chi connectivity index (χ4n) is 1.84. The van der Waals surface area contributed by atoms with Crippen molar-refractivity contribution in [2.24, 2.45) is 0 Å². The summed E-state index contributed by atoms with van der Waals surface area (Å²) in [4.78, 5) is 14.1. The van der Waals surface area contributed by atoms with Crippen molar-refractivity contribution >= 4 is 21.8 Å². The second-order valence-electron chi connectivity index (χ2n) is 4.50. The molecule has 5 heteroatoms. The third-order valence-corrected chi connectivity index (χ3v) is 3.55. The molecule has 0 radical (unpaired) electrons. The molecule has 0 aliphatic rings. The van der Waals surface area contributed by atoms with Gasteiger partial charge in [0.15, 0.2) is 11.5 Å². The number of halogens is 1. The highest BCUT2D eigenvalue weighted by atomic mass is 79.9. The molecule has 0 aromatic heterocycles. The molecule has 0 spiro atoms. The van der Waals surface area contributed by atoms with E-state index in [1.165, 1.54) is 0 Å². The van der Waals surface area contributed by atoms with Gasteiger partial charge in [-0.1, -0.05) is 13.3 Å². The van der Waals surface area contributed by atoms with Gasteiger partial charge >= 0.3 is 0 Å². The van der Waals surface area contributed by atoms with Crippen LogP contribution in [0.3, 0.4) is 0 Å². The highest BCUT2D eigenvalue weighted by Crippen LogP contribution is 2.36. The third kappa shape index (κ3) is 4.13. The van der Waals surface area contributed by atoms with E-state index in [-0.39, 0.29) is 5.91 Å². The number of hydrogen-bond acceptors (Lipinski definition) is 3. The number of benzene rings is 1. The molecule has 1 rings (SSSR count). The van der Waals surface area contributed by atoms with Gasteiger partial charge in [0.25, 0.3) is 5.91 Å². The Bertz CT molecular complexity index is 463. The number of nitrogens with zero attached hydrogens (tertiary/aromatic N) is 1. The molecule has 0 saturated heterocycles. The fourth-order valence-corrected chi connectivity index (χ4v) is 2.40. The number of unbranched alkanes of at least 4 members (excludes halogenated alkanes) is 1. The zero-order chi connectivity index (χ0) is 15.1. The van der Waals surface area contributed by atoms with E-state index in [1.807, 2.05) is 14.0 Å². The first-order valence-corrected chi connectivity index (χ1v) is 7.60. The van der Waals surface area contributed by atoms with E-state index in [0.29, 0.717) is 23.7 Å². The first-order valence-electron chi connectivity index (χ1n) is 6.80. The maximum Gasteiger partial charge on any atom is 0.253 e. The molecule has 1 amide bonds. The van der Waals surface area contributed by atoms with Gasteiger partial charge in [0.2, 0.25) is 0 Å². The predicted octanol–water partition coefficient (Wildman–Crippen LogP) is 3.73. The average Bonchev–Trinajstić information content (AvgIpc) is 2.45. The lowest BCUT2D eigenvalue weighted by atomic mass is 10.1. The molecule has 0 unspecified atom stereocenters. The molecule has 4 nitrogen and oxygen atoms in total. The van der Waals surface area contributed by atoms with Crippen LogP contribution in [0.4, 0.5) is 0 Å². The summed E-state index contributed by atoms with van der Waals surface area (Å²) >= 11 is 3.43. The Balaban J connectivity index is 3.01. The maximum absolute atomic E-state index is 12.3. The molecule has 20 heavy (non-hydrogen) atoms. The molecule has 0 aliphatic carbocycles. The van der Waals surface area contributed by atoms with Crippen LogP contribution in [0.25, 0.3) is 0 Å². The number of ether oxygens (including phenoxy) is 2. The van der Waals surface area contributed by atoms with Crippen LogP contribution in [0, 0.1) is 0 Å². The third-order valence-electron chi connectivity index (χ3n) is 2.96. The number of amides is 1. The van der Waals surface area contributed by atoms with E-state index >= 15 is 0 Å². The first kappa shape index (κ1) is 16.8. The SMILES string of the molecule is CCCCN(C)C(=O)c1cc(Br)c(OCC)c(OC)c1.